The van der Waals surface area contributed by atoms with Gasteiger partial charge in [-0.2, -0.15) is 5.26 Å². The third kappa shape index (κ3) is 4.56. The summed E-state index contributed by atoms with van der Waals surface area (Å²) in [4.78, 5) is 22.2. The van der Waals surface area contributed by atoms with Crippen LogP contribution in [-0.4, -0.2) is 32.3 Å². The lowest BCUT2D eigenvalue weighted by Gasteiger charge is -2.40. The van der Waals surface area contributed by atoms with Gasteiger partial charge in [-0.25, -0.2) is 14.8 Å². The highest BCUT2D eigenvalue weighted by Gasteiger charge is 2.35. The highest BCUT2D eigenvalue weighted by molar-refractivity contribution is 6.30. The highest BCUT2D eigenvalue weighted by atomic mass is 35.5. The SMILES string of the molecule is Cc1cc(Cl)cnc1N(CC1CCCC(C)(Cn2cnc3ccc(C#N)cc32)C1)C(=O)O. The van der Waals surface area contributed by atoms with Crippen LogP contribution in [0.25, 0.3) is 11.0 Å². The Kier molecular flexibility index (Phi) is 6.07. The van der Waals surface area contributed by atoms with E-state index in [-0.39, 0.29) is 11.3 Å². The molecule has 4 rings (SSSR count). The molecule has 1 N–H and O–H groups in total. The molecule has 7 nitrogen and oxygen atoms in total. The number of anilines is 1. The molecule has 0 spiro atoms. The highest BCUT2D eigenvalue weighted by Crippen LogP contribution is 2.41. The smallest absolute Gasteiger partial charge is 0.413 e. The number of aryl methyl sites for hydroxylation is 1. The van der Waals surface area contributed by atoms with E-state index in [9.17, 15) is 15.2 Å². The average molecular weight is 452 g/mol. The van der Waals surface area contributed by atoms with Gasteiger partial charge in [-0.3, -0.25) is 4.90 Å². The van der Waals surface area contributed by atoms with E-state index in [1.807, 2.05) is 25.4 Å². The molecule has 1 aliphatic rings. The number of aromatic nitrogens is 3. The molecular formula is C24H26ClN5O2. The largest absolute Gasteiger partial charge is 0.465 e. The van der Waals surface area contributed by atoms with Crippen molar-refractivity contribution in [1.29, 1.82) is 5.26 Å². The van der Waals surface area contributed by atoms with Crippen molar-refractivity contribution in [1.82, 2.24) is 14.5 Å². The summed E-state index contributed by atoms with van der Waals surface area (Å²) in [5.74, 6) is 0.671. The van der Waals surface area contributed by atoms with Gasteiger partial charge in [-0.1, -0.05) is 24.9 Å². The molecule has 0 saturated heterocycles. The number of benzene rings is 1. The third-order valence-corrected chi connectivity index (χ3v) is 6.63. The summed E-state index contributed by atoms with van der Waals surface area (Å²) in [6, 6.07) is 9.48. The molecule has 1 fully saturated rings. The maximum absolute atomic E-state index is 12.0. The van der Waals surface area contributed by atoms with Crippen molar-refractivity contribution in [3.8, 4) is 6.07 Å². The van der Waals surface area contributed by atoms with Gasteiger partial charge in [-0.05, 0) is 67.3 Å². The molecule has 0 aliphatic heterocycles. The van der Waals surface area contributed by atoms with E-state index < -0.39 is 6.09 Å². The van der Waals surface area contributed by atoms with Crippen LogP contribution in [0.3, 0.4) is 0 Å². The minimum Gasteiger partial charge on any atom is -0.465 e. The molecule has 32 heavy (non-hydrogen) atoms. The van der Waals surface area contributed by atoms with Crippen molar-refractivity contribution in [3.63, 3.8) is 0 Å². The van der Waals surface area contributed by atoms with Crippen LogP contribution in [0.2, 0.25) is 5.02 Å². The predicted octanol–water partition coefficient (Wildman–Crippen LogP) is 5.65. The Morgan fingerprint density at radius 3 is 2.94 bits per heavy atom. The second-order valence-corrected chi connectivity index (χ2v) is 9.58. The van der Waals surface area contributed by atoms with Crippen molar-refractivity contribution < 1.29 is 9.90 Å². The summed E-state index contributed by atoms with van der Waals surface area (Å²) in [7, 11) is 0. The van der Waals surface area contributed by atoms with E-state index in [0.717, 1.165) is 48.8 Å². The van der Waals surface area contributed by atoms with Gasteiger partial charge in [0, 0.05) is 19.3 Å². The summed E-state index contributed by atoms with van der Waals surface area (Å²) in [5.41, 5.74) is 3.21. The first-order chi connectivity index (χ1) is 15.3. The zero-order valence-electron chi connectivity index (χ0n) is 18.3. The molecule has 2 heterocycles. The number of hydrogen-bond donors (Lipinski definition) is 1. The Labute approximate surface area is 192 Å². The molecule has 2 atom stereocenters. The molecule has 1 aliphatic carbocycles. The van der Waals surface area contributed by atoms with Gasteiger partial charge in [0.2, 0.25) is 0 Å². The molecule has 2 unspecified atom stereocenters. The molecule has 0 bridgehead atoms. The van der Waals surface area contributed by atoms with E-state index in [2.05, 4.69) is 27.5 Å². The predicted molar refractivity (Wildman–Crippen MR) is 124 cm³/mol. The second kappa shape index (κ2) is 8.79. The van der Waals surface area contributed by atoms with Crippen LogP contribution in [0.15, 0.2) is 36.8 Å². The molecule has 1 amide bonds. The Bertz CT molecular complexity index is 1200. The molecule has 3 aromatic rings. The number of amides is 1. The molecule has 8 heteroatoms. The maximum atomic E-state index is 12.0. The van der Waals surface area contributed by atoms with Crippen LogP contribution in [-0.2, 0) is 6.54 Å². The number of rotatable bonds is 5. The van der Waals surface area contributed by atoms with Gasteiger partial charge in [-0.15, -0.1) is 0 Å². The first-order valence-electron chi connectivity index (χ1n) is 10.8. The summed E-state index contributed by atoms with van der Waals surface area (Å²) in [5, 5.41) is 19.6. The zero-order chi connectivity index (χ0) is 22.9. The van der Waals surface area contributed by atoms with Gasteiger partial charge in [0.05, 0.1) is 34.0 Å². The molecule has 1 aromatic carbocycles. The standard InChI is InChI=1S/C24H26ClN5O2/c1-16-8-19(25)12-27-22(16)30(23(31)32)13-18-4-3-7-24(2,10-18)14-29-15-28-20-6-5-17(11-26)9-21(20)29/h5-6,8-9,12,15,18H,3-4,7,10,13-14H2,1-2H3,(H,31,32). The quantitative estimate of drug-likeness (QED) is 0.541. The molecular weight excluding hydrogens is 426 g/mol. The Morgan fingerprint density at radius 2 is 2.22 bits per heavy atom. The number of nitrogens with zero attached hydrogens (tertiary/aromatic N) is 5. The Morgan fingerprint density at radius 1 is 1.41 bits per heavy atom. The normalized spacial score (nSPS) is 20.8. The van der Waals surface area contributed by atoms with Crippen molar-refractivity contribution >= 4 is 34.5 Å². The van der Waals surface area contributed by atoms with Crippen molar-refractivity contribution in [2.45, 2.75) is 46.1 Å². The topological polar surface area (TPSA) is 95.0 Å². The van der Waals surface area contributed by atoms with E-state index >= 15 is 0 Å². The van der Waals surface area contributed by atoms with E-state index in [0.29, 0.717) is 22.9 Å². The van der Waals surface area contributed by atoms with Crippen LogP contribution in [0.4, 0.5) is 10.6 Å². The second-order valence-electron chi connectivity index (χ2n) is 9.15. The number of halogens is 1. The van der Waals surface area contributed by atoms with Crippen LogP contribution in [0, 0.1) is 29.6 Å². The van der Waals surface area contributed by atoms with Gasteiger partial charge in [0.15, 0.2) is 0 Å². The van der Waals surface area contributed by atoms with Crippen LogP contribution in [0.1, 0.15) is 43.7 Å². The van der Waals surface area contributed by atoms with Crippen LogP contribution in [0.5, 0.6) is 0 Å². The van der Waals surface area contributed by atoms with E-state index in [1.165, 1.54) is 11.1 Å². The zero-order valence-corrected chi connectivity index (χ0v) is 19.0. The number of fused-ring (bicyclic) bond motifs is 1. The van der Waals surface area contributed by atoms with Gasteiger partial charge in [0.1, 0.15) is 5.82 Å². The first-order valence-corrected chi connectivity index (χ1v) is 11.1. The number of carbonyl (C=O) groups is 1. The molecule has 2 aromatic heterocycles. The minimum atomic E-state index is -1.00. The van der Waals surface area contributed by atoms with Gasteiger partial charge in [0.25, 0.3) is 0 Å². The summed E-state index contributed by atoms with van der Waals surface area (Å²) < 4.78 is 2.12. The van der Waals surface area contributed by atoms with E-state index in [4.69, 9.17) is 11.6 Å². The van der Waals surface area contributed by atoms with Crippen molar-refractivity contribution in [2.24, 2.45) is 11.3 Å². The summed E-state index contributed by atoms with van der Waals surface area (Å²) >= 11 is 6.00. The Hall–Kier alpha value is -3.11. The molecule has 0 radical (unpaired) electrons. The fraction of sp³-hybridized carbons (Fsp3) is 0.417. The fourth-order valence-electron chi connectivity index (χ4n) is 5.01. The number of pyridine rings is 1. The summed E-state index contributed by atoms with van der Waals surface area (Å²) in [6.07, 6.45) is 6.32. The van der Waals surface area contributed by atoms with Gasteiger partial charge >= 0.3 is 6.09 Å². The number of nitriles is 1. The first kappa shape index (κ1) is 22.1. The number of imidazole rings is 1. The lowest BCUT2D eigenvalue weighted by molar-refractivity contribution is 0.136. The monoisotopic (exact) mass is 451 g/mol. The van der Waals surface area contributed by atoms with E-state index in [1.54, 1.807) is 12.1 Å². The lowest BCUT2D eigenvalue weighted by atomic mass is 9.70. The van der Waals surface area contributed by atoms with Crippen molar-refractivity contribution in [2.75, 3.05) is 11.4 Å². The summed E-state index contributed by atoms with van der Waals surface area (Å²) in [6.45, 7) is 5.27. The minimum absolute atomic E-state index is 0.00579. The number of carboxylic acid groups (broad SMARTS) is 1. The molecule has 166 valence electrons. The van der Waals surface area contributed by atoms with Crippen LogP contribution >= 0.6 is 11.6 Å². The average Bonchev–Trinajstić information content (AvgIpc) is 3.13. The van der Waals surface area contributed by atoms with Crippen molar-refractivity contribution in [3.05, 3.63) is 52.9 Å². The Balaban J connectivity index is 1.53. The fourth-order valence-corrected chi connectivity index (χ4v) is 5.22. The van der Waals surface area contributed by atoms with Crippen LogP contribution < -0.4 is 4.90 Å². The molecule has 1 saturated carbocycles. The maximum Gasteiger partial charge on any atom is 0.413 e. The lowest BCUT2D eigenvalue weighted by Crippen LogP contribution is -2.39. The third-order valence-electron chi connectivity index (χ3n) is 6.42. The van der Waals surface area contributed by atoms with Gasteiger partial charge < -0.3 is 9.67 Å². The number of hydrogen-bond acceptors (Lipinski definition) is 4.